The Morgan fingerprint density at radius 1 is 1.32 bits per heavy atom. The third-order valence-corrected chi connectivity index (χ3v) is 3.51. The molecule has 0 fully saturated rings. The maximum atomic E-state index is 6.18. The third-order valence-electron chi connectivity index (χ3n) is 2.72. The number of nitrogens with one attached hydrogen (secondary N) is 1. The number of rotatable bonds is 8. The number of ether oxygens (including phenoxy) is 1. The Bertz CT molecular complexity index is 384. The van der Waals surface area contributed by atoms with Gasteiger partial charge in [0.2, 0.25) is 0 Å². The van der Waals surface area contributed by atoms with Crippen molar-refractivity contribution in [2.45, 2.75) is 39.7 Å². The fraction of sp³-hybridized carbons (Fsp3) is 0.600. The van der Waals surface area contributed by atoms with E-state index in [0.29, 0.717) is 10.9 Å². The van der Waals surface area contributed by atoms with Gasteiger partial charge in [0.05, 0.1) is 5.02 Å². The molecule has 0 aliphatic carbocycles. The van der Waals surface area contributed by atoms with Crippen LogP contribution in [0.25, 0.3) is 0 Å². The molecule has 1 aromatic rings. The van der Waals surface area contributed by atoms with Gasteiger partial charge in [-0.25, -0.2) is 0 Å². The van der Waals surface area contributed by atoms with Crippen molar-refractivity contribution in [3.05, 3.63) is 27.7 Å². The van der Waals surface area contributed by atoms with E-state index in [2.05, 4.69) is 42.0 Å². The highest BCUT2D eigenvalue weighted by molar-refractivity contribution is 9.10. The van der Waals surface area contributed by atoms with Crippen LogP contribution >= 0.6 is 27.5 Å². The van der Waals surface area contributed by atoms with E-state index in [4.69, 9.17) is 16.3 Å². The summed E-state index contributed by atoms with van der Waals surface area (Å²) in [6.07, 6.45) is 2.29. The second-order valence-electron chi connectivity index (χ2n) is 5.16. The molecule has 108 valence electrons. The molecule has 0 aromatic heterocycles. The minimum Gasteiger partial charge on any atom is -0.488 e. The average molecular weight is 349 g/mol. The van der Waals surface area contributed by atoms with Crippen LogP contribution in [-0.2, 0) is 0 Å². The van der Waals surface area contributed by atoms with Gasteiger partial charge in [0.25, 0.3) is 0 Å². The van der Waals surface area contributed by atoms with Crippen molar-refractivity contribution in [2.75, 3.05) is 13.1 Å². The number of benzene rings is 1. The van der Waals surface area contributed by atoms with E-state index in [9.17, 15) is 0 Å². The molecule has 0 aliphatic heterocycles. The molecule has 0 heterocycles. The van der Waals surface area contributed by atoms with Gasteiger partial charge in [0.1, 0.15) is 11.9 Å². The lowest BCUT2D eigenvalue weighted by molar-refractivity contribution is 0.185. The molecule has 1 atom stereocenters. The van der Waals surface area contributed by atoms with Gasteiger partial charge in [-0.05, 0) is 37.1 Å². The Kier molecular flexibility index (Phi) is 7.81. The van der Waals surface area contributed by atoms with Crippen LogP contribution in [0, 0.1) is 5.92 Å². The summed E-state index contributed by atoms with van der Waals surface area (Å²) in [6.45, 7) is 8.45. The van der Waals surface area contributed by atoms with Gasteiger partial charge in [-0.15, -0.1) is 0 Å². The molecule has 1 rings (SSSR count). The van der Waals surface area contributed by atoms with Crippen molar-refractivity contribution >= 4 is 27.5 Å². The first-order chi connectivity index (χ1) is 9.02. The van der Waals surface area contributed by atoms with E-state index >= 15 is 0 Å². The molecule has 0 bridgehead atoms. The van der Waals surface area contributed by atoms with Crippen molar-refractivity contribution in [1.29, 1.82) is 0 Å². The van der Waals surface area contributed by atoms with Crippen LogP contribution in [0.5, 0.6) is 5.75 Å². The summed E-state index contributed by atoms with van der Waals surface area (Å²) in [5.41, 5.74) is 0. The topological polar surface area (TPSA) is 21.3 Å². The summed E-state index contributed by atoms with van der Waals surface area (Å²) in [6, 6.07) is 5.73. The molecular weight excluding hydrogens is 326 g/mol. The Hall–Kier alpha value is -0.250. The summed E-state index contributed by atoms with van der Waals surface area (Å²) in [7, 11) is 0. The fourth-order valence-electron chi connectivity index (χ4n) is 1.81. The lowest BCUT2D eigenvalue weighted by Gasteiger charge is -2.20. The standard InChI is InChI=1S/C15H23BrClNO/c1-4-5-13(10-18-9-11(2)3)19-15-7-6-12(16)8-14(15)17/h6-8,11,13,18H,4-5,9-10H2,1-3H3. The van der Waals surface area contributed by atoms with Crippen LogP contribution in [-0.4, -0.2) is 19.2 Å². The molecule has 0 amide bonds. The SMILES string of the molecule is CCCC(CNCC(C)C)Oc1ccc(Br)cc1Cl. The number of halogens is 2. The first-order valence-electron chi connectivity index (χ1n) is 6.85. The average Bonchev–Trinajstić information content (AvgIpc) is 2.32. The monoisotopic (exact) mass is 347 g/mol. The van der Waals surface area contributed by atoms with Crippen LogP contribution in [0.1, 0.15) is 33.6 Å². The van der Waals surface area contributed by atoms with E-state index in [1.807, 2.05) is 18.2 Å². The van der Waals surface area contributed by atoms with E-state index in [0.717, 1.165) is 36.2 Å². The summed E-state index contributed by atoms with van der Waals surface area (Å²) in [4.78, 5) is 0. The van der Waals surface area contributed by atoms with Crippen LogP contribution in [0.4, 0.5) is 0 Å². The van der Waals surface area contributed by atoms with E-state index in [1.165, 1.54) is 0 Å². The zero-order chi connectivity index (χ0) is 14.3. The number of hydrogen-bond acceptors (Lipinski definition) is 2. The molecule has 0 radical (unpaired) electrons. The highest BCUT2D eigenvalue weighted by atomic mass is 79.9. The maximum absolute atomic E-state index is 6.18. The number of hydrogen-bond donors (Lipinski definition) is 1. The van der Waals surface area contributed by atoms with Gasteiger partial charge in [0.15, 0.2) is 0 Å². The lowest BCUT2D eigenvalue weighted by Crippen LogP contribution is -2.33. The second-order valence-corrected chi connectivity index (χ2v) is 6.48. The third kappa shape index (κ3) is 6.64. The molecular formula is C15H23BrClNO. The van der Waals surface area contributed by atoms with E-state index < -0.39 is 0 Å². The van der Waals surface area contributed by atoms with Gasteiger partial charge in [-0.3, -0.25) is 0 Å². The van der Waals surface area contributed by atoms with Crippen molar-refractivity contribution in [1.82, 2.24) is 5.32 Å². The summed E-state index contributed by atoms with van der Waals surface area (Å²) < 4.78 is 6.97. The van der Waals surface area contributed by atoms with Gasteiger partial charge in [0, 0.05) is 11.0 Å². The van der Waals surface area contributed by atoms with Crippen molar-refractivity contribution in [2.24, 2.45) is 5.92 Å². The Morgan fingerprint density at radius 3 is 2.63 bits per heavy atom. The summed E-state index contributed by atoms with van der Waals surface area (Å²) in [5.74, 6) is 1.41. The Balaban J connectivity index is 2.56. The van der Waals surface area contributed by atoms with Gasteiger partial charge < -0.3 is 10.1 Å². The van der Waals surface area contributed by atoms with E-state index in [1.54, 1.807) is 0 Å². The normalized spacial score (nSPS) is 12.7. The molecule has 0 aliphatic rings. The van der Waals surface area contributed by atoms with Gasteiger partial charge in [-0.1, -0.05) is 54.7 Å². The highest BCUT2D eigenvalue weighted by Gasteiger charge is 2.12. The van der Waals surface area contributed by atoms with Crippen LogP contribution in [0.3, 0.4) is 0 Å². The molecule has 0 saturated heterocycles. The lowest BCUT2D eigenvalue weighted by atomic mass is 10.2. The molecule has 2 nitrogen and oxygen atoms in total. The highest BCUT2D eigenvalue weighted by Crippen LogP contribution is 2.28. The molecule has 4 heteroatoms. The van der Waals surface area contributed by atoms with Crippen LogP contribution < -0.4 is 10.1 Å². The summed E-state index contributed by atoms with van der Waals surface area (Å²) >= 11 is 9.58. The van der Waals surface area contributed by atoms with Crippen LogP contribution in [0.2, 0.25) is 5.02 Å². The Labute approximate surface area is 130 Å². The minimum atomic E-state index is 0.169. The molecule has 0 saturated carbocycles. The molecule has 1 unspecified atom stereocenters. The quantitative estimate of drug-likeness (QED) is 0.721. The Morgan fingerprint density at radius 2 is 2.05 bits per heavy atom. The van der Waals surface area contributed by atoms with Crippen molar-refractivity contribution in [3.63, 3.8) is 0 Å². The first-order valence-corrected chi connectivity index (χ1v) is 8.02. The molecule has 1 aromatic carbocycles. The fourth-order valence-corrected chi connectivity index (χ4v) is 2.53. The predicted molar refractivity (Wildman–Crippen MR) is 86.2 cm³/mol. The molecule has 0 spiro atoms. The summed E-state index contributed by atoms with van der Waals surface area (Å²) in [5, 5.41) is 4.10. The second kappa shape index (κ2) is 8.83. The van der Waals surface area contributed by atoms with Crippen LogP contribution in [0.15, 0.2) is 22.7 Å². The zero-order valence-corrected chi connectivity index (χ0v) is 14.2. The van der Waals surface area contributed by atoms with Crippen molar-refractivity contribution in [3.8, 4) is 5.75 Å². The minimum absolute atomic E-state index is 0.169. The van der Waals surface area contributed by atoms with Crippen molar-refractivity contribution < 1.29 is 4.74 Å². The van der Waals surface area contributed by atoms with Gasteiger partial charge >= 0.3 is 0 Å². The smallest absolute Gasteiger partial charge is 0.138 e. The molecule has 1 N–H and O–H groups in total. The largest absolute Gasteiger partial charge is 0.488 e. The zero-order valence-electron chi connectivity index (χ0n) is 11.9. The molecule has 19 heavy (non-hydrogen) atoms. The first kappa shape index (κ1) is 16.8. The maximum Gasteiger partial charge on any atom is 0.138 e. The van der Waals surface area contributed by atoms with E-state index in [-0.39, 0.29) is 6.10 Å². The van der Waals surface area contributed by atoms with Gasteiger partial charge in [-0.2, -0.15) is 0 Å². The predicted octanol–water partition coefficient (Wildman–Crippen LogP) is 4.90.